The number of aliphatic hydroxyl groups is 1. The first-order valence-corrected chi connectivity index (χ1v) is 12.1. The molecule has 1 saturated carbocycles. The molecule has 2 N–H and O–H groups in total. The summed E-state index contributed by atoms with van der Waals surface area (Å²) in [4.78, 5) is 15.4. The fraction of sp³-hybridized carbons (Fsp3) is 0.640. The number of nitriles is 1. The molecule has 0 aromatic carbocycles. The first kappa shape index (κ1) is 21.4. The lowest BCUT2D eigenvalue weighted by Crippen LogP contribution is -2.42. The van der Waals surface area contributed by atoms with Gasteiger partial charge in [-0.1, -0.05) is 0 Å². The van der Waals surface area contributed by atoms with Crippen LogP contribution in [0, 0.1) is 17.2 Å². The van der Waals surface area contributed by atoms with E-state index in [0.717, 1.165) is 68.2 Å². The Morgan fingerprint density at radius 2 is 1.94 bits per heavy atom. The van der Waals surface area contributed by atoms with Crippen LogP contribution in [0.1, 0.15) is 76.6 Å². The Balaban J connectivity index is 1.48. The number of piperidine rings is 1. The summed E-state index contributed by atoms with van der Waals surface area (Å²) in [6.45, 7) is 6.47. The van der Waals surface area contributed by atoms with E-state index < -0.39 is 5.60 Å². The molecule has 1 aliphatic carbocycles. The quantitative estimate of drug-likeness (QED) is 0.616. The highest BCUT2D eigenvalue weighted by atomic mass is 16.3. The molecule has 7 nitrogen and oxygen atoms in total. The molecule has 5 rings (SSSR count). The van der Waals surface area contributed by atoms with Gasteiger partial charge in [0.25, 0.3) is 0 Å². The zero-order valence-electron chi connectivity index (χ0n) is 19.2. The van der Waals surface area contributed by atoms with Crippen LogP contribution in [0.3, 0.4) is 0 Å². The van der Waals surface area contributed by atoms with Crippen LogP contribution in [-0.4, -0.2) is 54.8 Å². The molecular formula is C25H34N6O. The van der Waals surface area contributed by atoms with Gasteiger partial charge in [-0.3, -0.25) is 0 Å². The number of rotatable bonds is 5. The van der Waals surface area contributed by atoms with Crippen LogP contribution in [0.25, 0.3) is 22.1 Å². The topological polar surface area (TPSA) is 93.8 Å². The Morgan fingerprint density at radius 3 is 2.62 bits per heavy atom. The van der Waals surface area contributed by atoms with E-state index in [-0.39, 0.29) is 0 Å². The maximum atomic E-state index is 10.2. The second-order valence-corrected chi connectivity index (χ2v) is 10.5. The van der Waals surface area contributed by atoms with Crippen molar-refractivity contribution in [3.05, 3.63) is 24.3 Å². The molecule has 0 bridgehead atoms. The number of aromatic nitrogens is 4. The fourth-order valence-electron chi connectivity index (χ4n) is 5.90. The van der Waals surface area contributed by atoms with Crippen molar-refractivity contribution in [2.75, 3.05) is 19.6 Å². The summed E-state index contributed by atoms with van der Waals surface area (Å²) in [5, 5.41) is 20.5. The van der Waals surface area contributed by atoms with Gasteiger partial charge in [-0.05, 0) is 77.4 Å². The second kappa shape index (κ2) is 8.49. The van der Waals surface area contributed by atoms with Gasteiger partial charge < -0.3 is 19.6 Å². The summed E-state index contributed by atoms with van der Waals surface area (Å²) in [7, 11) is 0. The number of pyridine rings is 1. The van der Waals surface area contributed by atoms with Gasteiger partial charge in [-0.25, -0.2) is 9.97 Å². The smallest absolute Gasteiger partial charge is 0.139 e. The predicted molar refractivity (Wildman–Crippen MR) is 125 cm³/mol. The lowest BCUT2D eigenvalue weighted by Gasteiger charge is -2.36. The lowest BCUT2D eigenvalue weighted by molar-refractivity contribution is 0.0277. The Hall–Kier alpha value is -2.43. The molecule has 7 heteroatoms. The Morgan fingerprint density at radius 1 is 1.19 bits per heavy atom. The number of likely N-dealkylation sites (tertiary alicyclic amines) is 1. The Bertz CT molecular complexity index is 1120. The van der Waals surface area contributed by atoms with Gasteiger partial charge in [0.2, 0.25) is 0 Å². The van der Waals surface area contributed by atoms with Gasteiger partial charge in [0.15, 0.2) is 0 Å². The zero-order valence-corrected chi connectivity index (χ0v) is 19.2. The maximum Gasteiger partial charge on any atom is 0.139 e. The van der Waals surface area contributed by atoms with E-state index in [4.69, 9.17) is 10.2 Å². The number of hydrogen-bond acceptors (Lipinski definition) is 5. The molecule has 0 radical (unpaired) electrons. The summed E-state index contributed by atoms with van der Waals surface area (Å²) in [5.74, 6) is 2.17. The molecule has 2 fully saturated rings. The molecule has 0 atom stereocenters. The Kier molecular flexibility index (Phi) is 5.68. The van der Waals surface area contributed by atoms with E-state index in [1.54, 1.807) is 0 Å². The van der Waals surface area contributed by atoms with E-state index in [0.29, 0.717) is 30.8 Å². The van der Waals surface area contributed by atoms with Crippen molar-refractivity contribution < 1.29 is 5.11 Å². The minimum atomic E-state index is -0.659. The molecular weight excluding hydrogens is 400 g/mol. The number of aromatic amines is 1. The number of nitrogens with zero attached hydrogens (tertiary/aromatic N) is 5. The molecule has 0 spiro atoms. The molecule has 0 unspecified atom stereocenters. The van der Waals surface area contributed by atoms with Gasteiger partial charge in [-0.15, -0.1) is 0 Å². The molecule has 170 valence electrons. The largest absolute Gasteiger partial charge is 0.389 e. The SMILES string of the molecule is CC(C)(O)CN1CCC(c2nc3cnc4[nH]ccc4c3n2C2CCC(CC#N)CC2)CC1. The van der Waals surface area contributed by atoms with Crippen LogP contribution < -0.4 is 0 Å². The molecule has 4 heterocycles. The van der Waals surface area contributed by atoms with E-state index in [2.05, 4.69) is 31.6 Å². The normalized spacial score (nSPS) is 23.7. The average molecular weight is 435 g/mol. The van der Waals surface area contributed by atoms with Crippen molar-refractivity contribution in [1.82, 2.24) is 24.4 Å². The summed E-state index contributed by atoms with van der Waals surface area (Å²) in [5.41, 5.74) is 2.47. The van der Waals surface area contributed by atoms with Crippen molar-refractivity contribution in [2.45, 2.75) is 76.4 Å². The fourth-order valence-corrected chi connectivity index (χ4v) is 5.90. The van der Waals surface area contributed by atoms with E-state index in [1.165, 1.54) is 11.3 Å². The number of fused-ring (bicyclic) bond motifs is 3. The second-order valence-electron chi connectivity index (χ2n) is 10.5. The third-order valence-corrected chi connectivity index (χ3v) is 7.39. The van der Waals surface area contributed by atoms with Crippen molar-refractivity contribution >= 4 is 22.1 Å². The standard InChI is InChI=1S/C25H34N6O/c1-25(2,32)16-30-13-9-18(10-14-30)24-29-21-15-28-23-20(8-12-27-23)22(21)31(24)19-5-3-17(4-6-19)7-11-26/h8,12,15,17-19,32H,3-7,9-10,13-14,16H2,1-2H3,(H,27,28). The highest BCUT2D eigenvalue weighted by Crippen LogP contribution is 2.41. The van der Waals surface area contributed by atoms with Crippen molar-refractivity contribution in [1.29, 1.82) is 5.26 Å². The first-order chi connectivity index (χ1) is 15.4. The lowest BCUT2D eigenvalue weighted by atomic mass is 9.84. The summed E-state index contributed by atoms with van der Waals surface area (Å²) in [6, 6.07) is 4.92. The highest BCUT2D eigenvalue weighted by Gasteiger charge is 2.32. The number of hydrogen-bond donors (Lipinski definition) is 2. The van der Waals surface area contributed by atoms with Crippen LogP contribution in [0.4, 0.5) is 0 Å². The molecule has 3 aromatic rings. The van der Waals surface area contributed by atoms with Gasteiger partial charge in [0.1, 0.15) is 17.0 Å². The number of H-pyrrole nitrogens is 1. The van der Waals surface area contributed by atoms with Gasteiger partial charge in [0.05, 0.1) is 23.4 Å². The van der Waals surface area contributed by atoms with E-state index >= 15 is 0 Å². The summed E-state index contributed by atoms with van der Waals surface area (Å²) in [6.07, 6.45) is 11.1. The van der Waals surface area contributed by atoms with Crippen LogP contribution in [-0.2, 0) is 0 Å². The minimum Gasteiger partial charge on any atom is -0.389 e. The molecule has 3 aromatic heterocycles. The van der Waals surface area contributed by atoms with Gasteiger partial charge in [0, 0.05) is 36.5 Å². The van der Waals surface area contributed by atoms with Crippen LogP contribution in [0.15, 0.2) is 18.5 Å². The molecule has 2 aliphatic rings. The van der Waals surface area contributed by atoms with Crippen molar-refractivity contribution in [3.8, 4) is 6.07 Å². The monoisotopic (exact) mass is 434 g/mol. The third kappa shape index (κ3) is 4.14. The van der Waals surface area contributed by atoms with Crippen LogP contribution in [0.5, 0.6) is 0 Å². The molecule has 0 amide bonds. The van der Waals surface area contributed by atoms with Gasteiger partial charge in [-0.2, -0.15) is 5.26 Å². The highest BCUT2D eigenvalue weighted by molar-refractivity contribution is 6.01. The van der Waals surface area contributed by atoms with Crippen LogP contribution >= 0.6 is 0 Å². The average Bonchev–Trinajstić information content (AvgIpc) is 3.38. The minimum absolute atomic E-state index is 0.422. The molecule has 1 aliphatic heterocycles. The Labute approximate surface area is 189 Å². The maximum absolute atomic E-state index is 10.2. The third-order valence-electron chi connectivity index (χ3n) is 7.39. The summed E-state index contributed by atoms with van der Waals surface area (Å²) < 4.78 is 2.55. The molecule has 32 heavy (non-hydrogen) atoms. The number of nitrogens with one attached hydrogen (secondary N) is 1. The molecule has 1 saturated heterocycles. The van der Waals surface area contributed by atoms with Gasteiger partial charge >= 0.3 is 0 Å². The van der Waals surface area contributed by atoms with Crippen molar-refractivity contribution in [3.63, 3.8) is 0 Å². The van der Waals surface area contributed by atoms with Crippen LogP contribution in [0.2, 0.25) is 0 Å². The predicted octanol–water partition coefficient (Wildman–Crippen LogP) is 4.51. The summed E-state index contributed by atoms with van der Waals surface area (Å²) >= 11 is 0. The van der Waals surface area contributed by atoms with Crippen molar-refractivity contribution in [2.24, 2.45) is 5.92 Å². The number of imidazole rings is 1. The zero-order chi connectivity index (χ0) is 22.3. The van der Waals surface area contributed by atoms with E-state index in [9.17, 15) is 5.11 Å². The van der Waals surface area contributed by atoms with E-state index in [1.807, 2.05) is 26.2 Å². The first-order valence-electron chi connectivity index (χ1n) is 12.1. The number of β-amino-alcohol motifs (C(OH)–C–C–N with tert-alkyl or cyclic N) is 1.